The molecular weight excluding hydrogens is 338 g/mol. The molecule has 0 bridgehead atoms. The molecule has 0 unspecified atom stereocenters. The maximum atomic E-state index is 12.0. The van der Waals surface area contributed by atoms with E-state index in [2.05, 4.69) is 35.1 Å². The molecule has 0 aliphatic heterocycles. The molecule has 1 aromatic rings. The maximum Gasteiger partial charge on any atom is 0.252 e. The number of hydrogen-bond donors (Lipinski definition) is 1. The van der Waals surface area contributed by atoms with E-state index in [1.807, 2.05) is 0 Å². The van der Waals surface area contributed by atoms with Crippen molar-refractivity contribution < 1.29 is 4.79 Å². The van der Waals surface area contributed by atoms with Crippen molar-refractivity contribution in [2.24, 2.45) is 5.92 Å². The number of amides is 1. The van der Waals surface area contributed by atoms with Crippen molar-refractivity contribution in [2.45, 2.75) is 46.0 Å². The molecule has 1 amide bonds. The fourth-order valence-corrected chi connectivity index (χ4v) is 2.60. The summed E-state index contributed by atoms with van der Waals surface area (Å²) in [6, 6.07) is 5.24. The first-order chi connectivity index (χ1) is 9.50. The average molecular weight is 361 g/mol. The molecule has 1 N–H and O–H groups in total. The number of carbonyl (C=O) groups excluding carboxylic acids is 1. The van der Waals surface area contributed by atoms with Crippen LogP contribution in [0.4, 0.5) is 0 Å². The number of nitrogens with one attached hydrogen (secondary N) is 1. The van der Waals surface area contributed by atoms with Crippen LogP contribution in [0.25, 0.3) is 0 Å². The Bertz CT molecular complexity index is 434. The number of carbonyl (C=O) groups is 1. The van der Waals surface area contributed by atoms with Crippen molar-refractivity contribution >= 4 is 33.4 Å². The Balaban J connectivity index is 2.22. The molecule has 0 aliphatic rings. The minimum atomic E-state index is -0.0680. The van der Waals surface area contributed by atoms with E-state index >= 15 is 0 Å². The molecule has 112 valence electrons. The summed E-state index contributed by atoms with van der Waals surface area (Å²) in [6.07, 6.45) is 6.02. The molecular formula is C16H23BrClNO. The summed E-state index contributed by atoms with van der Waals surface area (Å²) >= 11 is 9.27. The lowest BCUT2D eigenvalue weighted by Gasteiger charge is -2.08. The van der Waals surface area contributed by atoms with Gasteiger partial charge in [-0.25, -0.2) is 0 Å². The Kier molecular flexibility index (Phi) is 8.24. The normalized spacial score (nSPS) is 10.8. The van der Waals surface area contributed by atoms with Gasteiger partial charge in [-0.1, -0.05) is 51.1 Å². The molecule has 1 rings (SSSR count). The Labute approximate surface area is 135 Å². The van der Waals surface area contributed by atoms with E-state index in [9.17, 15) is 4.79 Å². The summed E-state index contributed by atoms with van der Waals surface area (Å²) in [6.45, 7) is 5.23. The summed E-state index contributed by atoms with van der Waals surface area (Å²) in [4.78, 5) is 12.0. The van der Waals surface area contributed by atoms with E-state index in [0.29, 0.717) is 10.6 Å². The maximum absolute atomic E-state index is 12.0. The van der Waals surface area contributed by atoms with E-state index < -0.39 is 0 Å². The number of rotatable bonds is 8. The van der Waals surface area contributed by atoms with E-state index in [-0.39, 0.29) is 5.91 Å². The van der Waals surface area contributed by atoms with Crippen LogP contribution in [0.1, 0.15) is 56.3 Å². The minimum Gasteiger partial charge on any atom is -0.352 e. The monoisotopic (exact) mass is 359 g/mol. The SMILES string of the molecule is CC(C)CCCCCCNC(=O)c1cc(Cl)ccc1Br. The van der Waals surface area contributed by atoms with Gasteiger partial charge in [0.25, 0.3) is 5.91 Å². The third kappa shape index (κ3) is 6.76. The molecule has 0 atom stereocenters. The lowest BCUT2D eigenvalue weighted by molar-refractivity contribution is 0.0952. The van der Waals surface area contributed by atoms with Gasteiger partial charge in [-0.2, -0.15) is 0 Å². The van der Waals surface area contributed by atoms with Crippen LogP contribution in [0.5, 0.6) is 0 Å². The van der Waals surface area contributed by atoms with Gasteiger partial charge >= 0.3 is 0 Å². The van der Waals surface area contributed by atoms with Gasteiger partial charge in [-0.05, 0) is 46.5 Å². The van der Waals surface area contributed by atoms with Crippen molar-refractivity contribution in [3.05, 3.63) is 33.3 Å². The number of benzene rings is 1. The highest BCUT2D eigenvalue weighted by atomic mass is 79.9. The number of unbranched alkanes of at least 4 members (excludes halogenated alkanes) is 3. The highest BCUT2D eigenvalue weighted by Gasteiger charge is 2.09. The molecule has 0 saturated heterocycles. The average Bonchev–Trinajstić information content (AvgIpc) is 2.39. The first-order valence-corrected chi connectivity index (χ1v) is 8.41. The van der Waals surface area contributed by atoms with Gasteiger partial charge in [-0.15, -0.1) is 0 Å². The zero-order chi connectivity index (χ0) is 15.0. The van der Waals surface area contributed by atoms with E-state index in [0.717, 1.165) is 23.4 Å². The van der Waals surface area contributed by atoms with Crippen molar-refractivity contribution in [2.75, 3.05) is 6.54 Å². The molecule has 20 heavy (non-hydrogen) atoms. The second-order valence-corrected chi connectivity index (χ2v) is 6.77. The molecule has 0 aliphatic carbocycles. The second-order valence-electron chi connectivity index (χ2n) is 5.48. The van der Waals surface area contributed by atoms with Crippen molar-refractivity contribution in [3.63, 3.8) is 0 Å². The van der Waals surface area contributed by atoms with Gasteiger partial charge in [0.15, 0.2) is 0 Å². The van der Waals surface area contributed by atoms with Gasteiger partial charge in [-0.3, -0.25) is 4.79 Å². The predicted octanol–water partition coefficient (Wildman–Crippen LogP) is 5.44. The van der Waals surface area contributed by atoms with Crippen LogP contribution >= 0.6 is 27.5 Å². The standard InChI is InChI=1S/C16H23BrClNO/c1-12(2)7-5-3-4-6-10-19-16(20)14-11-13(18)8-9-15(14)17/h8-9,11-12H,3-7,10H2,1-2H3,(H,19,20). The molecule has 1 aromatic carbocycles. The Hall–Kier alpha value is -0.540. The highest BCUT2D eigenvalue weighted by Crippen LogP contribution is 2.21. The predicted molar refractivity (Wildman–Crippen MR) is 89.4 cm³/mol. The largest absolute Gasteiger partial charge is 0.352 e. The smallest absolute Gasteiger partial charge is 0.252 e. The molecule has 0 heterocycles. The molecule has 0 saturated carbocycles. The number of halogens is 2. The van der Waals surface area contributed by atoms with Crippen LogP contribution in [0.15, 0.2) is 22.7 Å². The van der Waals surface area contributed by atoms with Crippen LogP contribution in [0.3, 0.4) is 0 Å². The first kappa shape index (κ1) is 17.5. The molecule has 0 fully saturated rings. The lowest BCUT2D eigenvalue weighted by Crippen LogP contribution is -2.24. The fourth-order valence-electron chi connectivity index (χ4n) is 2.00. The lowest BCUT2D eigenvalue weighted by atomic mass is 10.0. The van der Waals surface area contributed by atoms with Gasteiger partial charge in [0.05, 0.1) is 5.56 Å². The summed E-state index contributed by atoms with van der Waals surface area (Å²) in [7, 11) is 0. The van der Waals surface area contributed by atoms with E-state index in [4.69, 9.17) is 11.6 Å². The van der Waals surface area contributed by atoms with Gasteiger partial charge in [0, 0.05) is 16.0 Å². The molecule has 0 spiro atoms. The zero-order valence-electron chi connectivity index (χ0n) is 12.2. The molecule has 0 radical (unpaired) electrons. The van der Waals surface area contributed by atoms with Crippen LogP contribution in [0, 0.1) is 5.92 Å². The first-order valence-electron chi connectivity index (χ1n) is 7.24. The highest BCUT2D eigenvalue weighted by molar-refractivity contribution is 9.10. The van der Waals surface area contributed by atoms with Crippen molar-refractivity contribution in [1.29, 1.82) is 0 Å². The topological polar surface area (TPSA) is 29.1 Å². The van der Waals surface area contributed by atoms with E-state index in [1.165, 1.54) is 25.7 Å². The van der Waals surface area contributed by atoms with E-state index in [1.54, 1.807) is 18.2 Å². The van der Waals surface area contributed by atoms with Gasteiger partial charge in [0.2, 0.25) is 0 Å². The summed E-state index contributed by atoms with van der Waals surface area (Å²) < 4.78 is 0.774. The third-order valence-electron chi connectivity index (χ3n) is 3.17. The van der Waals surface area contributed by atoms with Gasteiger partial charge < -0.3 is 5.32 Å². The molecule has 4 heteroatoms. The number of hydrogen-bond acceptors (Lipinski definition) is 1. The third-order valence-corrected chi connectivity index (χ3v) is 4.09. The van der Waals surface area contributed by atoms with Crippen molar-refractivity contribution in [1.82, 2.24) is 5.32 Å². The Morgan fingerprint density at radius 2 is 1.95 bits per heavy atom. The van der Waals surface area contributed by atoms with Crippen LogP contribution < -0.4 is 5.32 Å². The quantitative estimate of drug-likeness (QED) is 0.615. The fraction of sp³-hybridized carbons (Fsp3) is 0.562. The van der Waals surface area contributed by atoms with Crippen molar-refractivity contribution in [3.8, 4) is 0 Å². The second kappa shape index (κ2) is 9.41. The molecule has 2 nitrogen and oxygen atoms in total. The summed E-state index contributed by atoms with van der Waals surface area (Å²) in [5, 5.41) is 3.52. The summed E-state index contributed by atoms with van der Waals surface area (Å²) in [5.74, 6) is 0.719. The zero-order valence-corrected chi connectivity index (χ0v) is 14.6. The van der Waals surface area contributed by atoms with Crippen LogP contribution in [-0.2, 0) is 0 Å². The molecule has 0 aromatic heterocycles. The van der Waals surface area contributed by atoms with Gasteiger partial charge in [0.1, 0.15) is 0 Å². The van der Waals surface area contributed by atoms with Crippen LogP contribution in [0.2, 0.25) is 5.02 Å². The Morgan fingerprint density at radius 1 is 1.25 bits per heavy atom. The minimum absolute atomic E-state index is 0.0680. The summed E-state index contributed by atoms with van der Waals surface area (Å²) in [5.41, 5.74) is 0.595. The Morgan fingerprint density at radius 3 is 2.65 bits per heavy atom. The van der Waals surface area contributed by atoms with Crippen LogP contribution in [-0.4, -0.2) is 12.5 Å².